The lowest BCUT2D eigenvalue weighted by Gasteiger charge is -2.19. The summed E-state index contributed by atoms with van der Waals surface area (Å²) in [7, 11) is 1.98. The average molecular weight is 297 g/mol. The van der Waals surface area contributed by atoms with Crippen LogP contribution in [-0.2, 0) is 6.54 Å². The van der Waals surface area contributed by atoms with E-state index in [4.69, 9.17) is 0 Å². The third kappa shape index (κ3) is 2.62. The third-order valence-corrected chi connectivity index (χ3v) is 4.69. The molecule has 1 aromatic heterocycles. The fourth-order valence-electron chi connectivity index (χ4n) is 2.44. The van der Waals surface area contributed by atoms with Crippen LogP contribution in [-0.4, -0.2) is 18.1 Å². The predicted molar refractivity (Wildman–Crippen MR) is 87.3 cm³/mol. The van der Waals surface area contributed by atoms with Gasteiger partial charge in [0.25, 0.3) is 0 Å². The van der Waals surface area contributed by atoms with Gasteiger partial charge in [-0.25, -0.2) is 4.79 Å². The number of carbonyl (C=O) groups is 1. The summed E-state index contributed by atoms with van der Waals surface area (Å²) in [5.74, 6) is -0.854. The largest absolute Gasteiger partial charge is 0.477 e. The van der Waals surface area contributed by atoms with Crippen molar-refractivity contribution in [3.8, 4) is 0 Å². The highest BCUT2D eigenvalue weighted by atomic mass is 32.1. The number of rotatable bonds is 4. The molecule has 0 fully saturated rings. The first-order valence-corrected chi connectivity index (χ1v) is 7.48. The van der Waals surface area contributed by atoms with Crippen molar-refractivity contribution in [2.45, 2.75) is 6.54 Å². The Morgan fingerprint density at radius 1 is 1.10 bits per heavy atom. The van der Waals surface area contributed by atoms with E-state index in [-0.39, 0.29) is 0 Å². The van der Waals surface area contributed by atoms with Crippen LogP contribution < -0.4 is 4.90 Å². The summed E-state index contributed by atoms with van der Waals surface area (Å²) >= 11 is 1.34. The molecule has 0 bridgehead atoms. The zero-order valence-corrected chi connectivity index (χ0v) is 12.4. The zero-order chi connectivity index (χ0) is 14.8. The zero-order valence-electron chi connectivity index (χ0n) is 11.6. The van der Waals surface area contributed by atoms with Gasteiger partial charge in [-0.05, 0) is 23.6 Å². The van der Waals surface area contributed by atoms with Crippen molar-refractivity contribution in [1.82, 2.24) is 0 Å². The van der Waals surface area contributed by atoms with Crippen molar-refractivity contribution < 1.29 is 9.90 Å². The topological polar surface area (TPSA) is 40.5 Å². The summed E-state index contributed by atoms with van der Waals surface area (Å²) in [6.45, 7) is 0.579. The second kappa shape index (κ2) is 5.58. The molecule has 0 atom stereocenters. The lowest BCUT2D eigenvalue weighted by Crippen LogP contribution is -2.17. The molecule has 4 heteroatoms. The molecule has 0 aliphatic rings. The van der Waals surface area contributed by atoms with Crippen LogP contribution >= 0.6 is 11.3 Å². The van der Waals surface area contributed by atoms with Crippen molar-refractivity contribution in [3.05, 3.63) is 65.0 Å². The molecule has 3 rings (SSSR count). The molecular weight excluding hydrogens is 282 g/mol. The van der Waals surface area contributed by atoms with E-state index in [1.54, 1.807) is 0 Å². The average Bonchev–Trinajstić information content (AvgIpc) is 2.87. The van der Waals surface area contributed by atoms with Gasteiger partial charge >= 0.3 is 5.97 Å². The van der Waals surface area contributed by atoms with Crippen molar-refractivity contribution in [2.75, 3.05) is 11.9 Å². The maximum absolute atomic E-state index is 11.5. The number of hydrogen-bond donors (Lipinski definition) is 1. The Kier molecular flexibility index (Phi) is 3.62. The van der Waals surface area contributed by atoms with Gasteiger partial charge in [-0.1, -0.05) is 36.4 Å². The number of benzene rings is 2. The quantitative estimate of drug-likeness (QED) is 0.783. The minimum atomic E-state index is -0.854. The van der Waals surface area contributed by atoms with Gasteiger partial charge in [-0.2, -0.15) is 0 Å². The Hall–Kier alpha value is -2.33. The highest BCUT2D eigenvalue weighted by molar-refractivity contribution is 7.21. The summed E-state index contributed by atoms with van der Waals surface area (Å²) in [5, 5.41) is 10.5. The van der Waals surface area contributed by atoms with E-state index in [2.05, 4.69) is 4.90 Å². The van der Waals surface area contributed by atoms with E-state index >= 15 is 0 Å². The van der Waals surface area contributed by atoms with Crippen molar-refractivity contribution >= 4 is 33.1 Å². The summed E-state index contributed by atoms with van der Waals surface area (Å²) in [6, 6.07) is 17.8. The van der Waals surface area contributed by atoms with E-state index in [1.807, 2.05) is 61.6 Å². The normalized spacial score (nSPS) is 10.7. The number of thiophene rings is 1. The standard InChI is InChI=1S/C17H15NO2S/c1-18(12-7-3-2-4-8-12)11-14-13-9-5-6-10-15(13)21-16(14)17(19)20/h2-10H,11H2,1H3,(H,19,20). The van der Waals surface area contributed by atoms with Crippen LogP contribution in [0.2, 0.25) is 0 Å². The lowest BCUT2D eigenvalue weighted by molar-refractivity contribution is 0.0701. The monoisotopic (exact) mass is 297 g/mol. The number of fused-ring (bicyclic) bond motifs is 1. The van der Waals surface area contributed by atoms with Gasteiger partial charge in [0.15, 0.2) is 0 Å². The van der Waals surface area contributed by atoms with Gasteiger partial charge < -0.3 is 10.0 Å². The van der Waals surface area contributed by atoms with E-state index in [0.29, 0.717) is 11.4 Å². The van der Waals surface area contributed by atoms with Crippen LogP contribution in [0.25, 0.3) is 10.1 Å². The Labute approximate surface area is 127 Å². The van der Waals surface area contributed by atoms with Gasteiger partial charge in [-0.15, -0.1) is 11.3 Å². The van der Waals surface area contributed by atoms with Gasteiger partial charge in [0.05, 0.1) is 0 Å². The van der Waals surface area contributed by atoms with Gasteiger partial charge in [-0.3, -0.25) is 0 Å². The molecule has 0 saturated carbocycles. The molecule has 3 aromatic rings. The first-order valence-electron chi connectivity index (χ1n) is 6.66. The molecule has 1 N–H and O–H groups in total. The third-order valence-electron chi connectivity index (χ3n) is 3.48. The van der Waals surface area contributed by atoms with Crippen LogP contribution in [0.4, 0.5) is 5.69 Å². The highest BCUT2D eigenvalue weighted by Crippen LogP contribution is 2.32. The molecule has 0 saturated heterocycles. The molecule has 0 spiro atoms. The van der Waals surface area contributed by atoms with Crippen molar-refractivity contribution in [3.63, 3.8) is 0 Å². The number of hydrogen-bond acceptors (Lipinski definition) is 3. The van der Waals surface area contributed by atoms with E-state index in [1.165, 1.54) is 11.3 Å². The Morgan fingerprint density at radius 2 is 1.76 bits per heavy atom. The van der Waals surface area contributed by atoms with E-state index in [0.717, 1.165) is 21.3 Å². The number of carboxylic acid groups (broad SMARTS) is 1. The number of carboxylic acids is 1. The molecule has 3 nitrogen and oxygen atoms in total. The Bertz CT molecular complexity index is 780. The minimum Gasteiger partial charge on any atom is -0.477 e. The second-order valence-corrected chi connectivity index (χ2v) is 5.95. The molecule has 0 aliphatic heterocycles. The second-order valence-electron chi connectivity index (χ2n) is 4.90. The molecule has 21 heavy (non-hydrogen) atoms. The molecule has 0 radical (unpaired) electrons. The van der Waals surface area contributed by atoms with Crippen molar-refractivity contribution in [1.29, 1.82) is 0 Å². The summed E-state index contributed by atoms with van der Waals surface area (Å²) in [4.78, 5) is 14.0. The van der Waals surface area contributed by atoms with Crippen LogP contribution in [0.15, 0.2) is 54.6 Å². The highest BCUT2D eigenvalue weighted by Gasteiger charge is 2.18. The maximum atomic E-state index is 11.5. The SMILES string of the molecule is CN(Cc1c(C(=O)O)sc2ccccc12)c1ccccc1. The Balaban J connectivity index is 2.03. The van der Waals surface area contributed by atoms with Gasteiger partial charge in [0.1, 0.15) is 4.88 Å². The number of nitrogens with zero attached hydrogens (tertiary/aromatic N) is 1. The Morgan fingerprint density at radius 3 is 2.48 bits per heavy atom. The molecule has 1 heterocycles. The molecule has 0 amide bonds. The van der Waals surface area contributed by atoms with Crippen LogP contribution in [0, 0.1) is 0 Å². The maximum Gasteiger partial charge on any atom is 0.346 e. The fourth-order valence-corrected chi connectivity index (χ4v) is 3.49. The summed E-state index contributed by atoms with van der Waals surface area (Å²) in [5.41, 5.74) is 1.96. The van der Waals surface area contributed by atoms with E-state index in [9.17, 15) is 9.90 Å². The molecular formula is C17H15NO2S. The molecule has 0 unspecified atom stereocenters. The van der Waals surface area contributed by atoms with E-state index < -0.39 is 5.97 Å². The number of para-hydroxylation sites is 1. The van der Waals surface area contributed by atoms with Crippen LogP contribution in [0.5, 0.6) is 0 Å². The summed E-state index contributed by atoms with van der Waals surface area (Å²) < 4.78 is 1.02. The fraction of sp³-hybridized carbons (Fsp3) is 0.118. The van der Waals surface area contributed by atoms with Crippen LogP contribution in [0.1, 0.15) is 15.2 Å². The molecule has 0 aliphatic carbocycles. The first-order chi connectivity index (χ1) is 10.2. The summed E-state index contributed by atoms with van der Waals surface area (Å²) in [6.07, 6.45) is 0. The minimum absolute atomic E-state index is 0.430. The number of anilines is 1. The molecule has 106 valence electrons. The first kappa shape index (κ1) is 13.6. The van der Waals surface area contributed by atoms with Crippen molar-refractivity contribution in [2.24, 2.45) is 0 Å². The number of aromatic carboxylic acids is 1. The predicted octanol–water partition coefficient (Wildman–Crippen LogP) is 4.24. The lowest BCUT2D eigenvalue weighted by atomic mass is 10.1. The van der Waals surface area contributed by atoms with Gasteiger partial charge in [0.2, 0.25) is 0 Å². The van der Waals surface area contributed by atoms with Gasteiger partial charge in [0, 0.05) is 29.5 Å². The smallest absolute Gasteiger partial charge is 0.346 e. The molecule has 2 aromatic carbocycles. The van der Waals surface area contributed by atoms with Crippen LogP contribution in [0.3, 0.4) is 0 Å².